The second-order valence-corrected chi connectivity index (χ2v) is 11.2. The van der Waals surface area contributed by atoms with E-state index in [2.05, 4.69) is 17.6 Å². The number of benzene rings is 2. The number of rotatable bonds is 6. The van der Waals surface area contributed by atoms with Crippen LogP contribution in [0.5, 0.6) is 0 Å². The van der Waals surface area contributed by atoms with Crippen molar-refractivity contribution in [3.8, 4) is 0 Å². The Morgan fingerprint density at radius 3 is 2.30 bits per heavy atom. The van der Waals surface area contributed by atoms with Gasteiger partial charge in [-0.1, -0.05) is 13.0 Å². The zero-order valence-corrected chi connectivity index (χ0v) is 20.2. The van der Waals surface area contributed by atoms with Gasteiger partial charge in [0.1, 0.15) is 0 Å². The number of piperidine rings is 1. The number of carbonyl (C=O) groups is 2. The molecule has 2 N–H and O–H groups in total. The molecule has 176 valence electrons. The lowest BCUT2D eigenvalue weighted by Gasteiger charge is -2.30. The summed E-state index contributed by atoms with van der Waals surface area (Å²) in [6.45, 7) is 6.71. The van der Waals surface area contributed by atoms with Gasteiger partial charge in [0.25, 0.3) is 11.8 Å². The van der Waals surface area contributed by atoms with Crippen LogP contribution in [-0.2, 0) is 10.0 Å². The summed E-state index contributed by atoms with van der Waals surface area (Å²) < 4.78 is 28.3. The third kappa shape index (κ3) is 5.28. The molecule has 1 aliphatic heterocycles. The van der Waals surface area contributed by atoms with Crippen LogP contribution in [0.15, 0.2) is 41.3 Å². The van der Waals surface area contributed by atoms with Gasteiger partial charge in [0.15, 0.2) is 0 Å². The van der Waals surface area contributed by atoms with Gasteiger partial charge in [-0.15, -0.1) is 0 Å². The standard InChI is InChI=1S/C25H31N3O4S/c1-16-9-11-28(12-10-16)33(31,32)23-15-20(13-17(2)18(23)3)25(30)27-22-6-4-5-19(14-22)24(29)26-21-7-8-21/h4-6,13-16,21H,7-12H2,1-3H3,(H,26,29)(H,27,30). The molecule has 1 saturated heterocycles. The SMILES string of the molecule is Cc1cc(C(=O)Nc2cccc(C(=O)NC3CC3)c2)cc(S(=O)(=O)N2CCC(C)CC2)c1C. The molecule has 2 amide bonds. The first-order valence-corrected chi connectivity index (χ1v) is 12.9. The molecule has 0 radical (unpaired) electrons. The molecular formula is C25H31N3O4S. The van der Waals surface area contributed by atoms with Crippen LogP contribution in [0.4, 0.5) is 5.69 Å². The first-order valence-electron chi connectivity index (χ1n) is 11.5. The highest BCUT2D eigenvalue weighted by atomic mass is 32.2. The fourth-order valence-electron chi connectivity index (χ4n) is 4.03. The van der Waals surface area contributed by atoms with Gasteiger partial charge in [0.05, 0.1) is 4.90 Å². The van der Waals surface area contributed by atoms with E-state index < -0.39 is 15.9 Å². The monoisotopic (exact) mass is 469 g/mol. The summed E-state index contributed by atoms with van der Waals surface area (Å²) in [6.07, 6.45) is 3.66. The Bertz CT molecular complexity index is 1180. The topological polar surface area (TPSA) is 95.6 Å². The number of nitrogens with zero attached hydrogens (tertiary/aromatic N) is 1. The van der Waals surface area contributed by atoms with E-state index in [4.69, 9.17) is 0 Å². The highest BCUT2D eigenvalue weighted by Crippen LogP contribution is 2.28. The number of carbonyl (C=O) groups excluding carboxylic acids is 2. The van der Waals surface area contributed by atoms with E-state index in [9.17, 15) is 18.0 Å². The fraction of sp³-hybridized carbons (Fsp3) is 0.440. The first kappa shape index (κ1) is 23.4. The zero-order chi connectivity index (χ0) is 23.8. The summed E-state index contributed by atoms with van der Waals surface area (Å²) in [6, 6.07) is 10.2. The van der Waals surface area contributed by atoms with Crippen LogP contribution in [0.1, 0.15) is 64.4 Å². The lowest BCUT2D eigenvalue weighted by atomic mass is 10.0. The van der Waals surface area contributed by atoms with Crippen molar-refractivity contribution in [2.24, 2.45) is 5.92 Å². The molecule has 2 fully saturated rings. The number of hydrogen-bond donors (Lipinski definition) is 2. The number of hydrogen-bond acceptors (Lipinski definition) is 4. The van der Waals surface area contributed by atoms with Crippen molar-refractivity contribution in [1.82, 2.24) is 9.62 Å². The number of sulfonamides is 1. The second kappa shape index (κ2) is 9.27. The predicted octanol–water partition coefficient (Wildman–Crippen LogP) is 3.87. The maximum Gasteiger partial charge on any atom is 0.255 e. The number of nitrogens with one attached hydrogen (secondary N) is 2. The Hall–Kier alpha value is -2.71. The van der Waals surface area contributed by atoms with Gasteiger partial charge in [-0.3, -0.25) is 9.59 Å². The number of aryl methyl sites for hydroxylation is 1. The van der Waals surface area contributed by atoms with E-state index in [0.717, 1.165) is 31.2 Å². The quantitative estimate of drug-likeness (QED) is 0.671. The summed E-state index contributed by atoms with van der Waals surface area (Å²) in [5, 5.41) is 5.74. The minimum Gasteiger partial charge on any atom is -0.349 e. The average Bonchev–Trinajstić information content (AvgIpc) is 3.59. The van der Waals surface area contributed by atoms with Crippen molar-refractivity contribution in [1.29, 1.82) is 0 Å². The number of amides is 2. The van der Waals surface area contributed by atoms with Crippen LogP contribution >= 0.6 is 0 Å². The Morgan fingerprint density at radius 2 is 1.64 bits per heavy atom. The molecule has 0 unspecified atom stereocenters. The van der Waals surface area contributed by atoms with E-state index in [-0.39, 0.29) is 22.4 Å². The van der Waals surface area contributed by atoms with E-state index >= 15 is 0 Å². The lowest BCUT2D eigenvalue weighted by Crippen LogP contribution is -2.38. The molecule has 0 bridgehead atoms. The first-order chi connectivity index (χ1) is 15.6. The summed E-state index contributed by atoms with van der Waals surface area (Å²) in [5.41, 5.74) is 2.63. The van der Waals surface area contributed by atoms with Gasteiger partial charge in [-0.25, -0.2) is 8.42 Å². The molecule has 2 aromatic carbocycles. The molecule has 4 rings (SSSR count). The Balaban J connectivity index is 1.56. The third-order valence-corrected chi connectivity index (χ3v) is 8.56. The molecular weight excluding hydrogens is 438 g/mol. The summed E-state index contributed by atoms with van der Waals surface area (Å²) in [4.78, 5) is 25.5. The van der Waals surface area contributed by atoms with E-state index in [1.54, 1.807) is 37.3 Å². The summed E-state index contributed by atoms with van der Waals surface area (Å²) in [5.74, 6) is -0.0657. The molecule has 2 aliphatic rings. The van der Waals surface area contributed by atoms with Gasteiger partial charge >= 0.3 is 0 Å². The van der Waals surface area contributed by atoms with Crippen LogP contribution in [0, 0.1) is 19.8 Å². The molecule has 7 nitrogen and oxygen atoms in total. The highest BCUT2D eigenvalue weighted by molar-refractivity contribution is 7.89. The third-order valence-electron chi connectivity index (χ3n) is 6.54. The van der Waals surface area contributed by atoms with Gasteiger partial charge in [-0.2, -0.15) is 4.31 Å². The van der Waals surface area contributed by atoms with Crippen LogP contribution in [0.2, 0.25) is 0 Å². The normalized spacial score (nSPS) is 17.5. The van der Waals surface area contributed by atoms with E-state index in [0.29, 0.717) is 35.8 Å². The molecule has 1 saturated carbocycles. The fourth-order valence-corrected chi connectivity index (χ4v) is 5.82. The maximum absolute atomic E-state index is 13.4. The van der Waals surface area contributed by atoms with Crippen LogP contribution in [0.25, 0.3) is 0 Å². The van der Waals surface area contributed by atoms with Crippen molar-refractivity contribution in [3.05, 3.63) is 58.7 Å². The van der Waals surface area contributed by atoms with Gasteiger partial charge in [0, 0.05) is 35.9 Å². The zero-order valence-electron chi connectivity index (χ0n) is 19.3. The molecule has 0 atom stereocenters. The molecule has 0 aromatic heterocycles. The van der Waals surface area contributed by atoms with Gasteiger partial charge < -0.3 is 10.6 Å². The Kier molecular flexibility index (Phi) is 6.59. The minimum atomic E-state index is -3.69. The largest absolute Gasteiger partial charge is 0.349 e. The smallest absolute Gasteiger partial charge is 0.255 e. The predicted molar refractivity (Wildman–Crippen MR) is 128 cm³/mol. The van der Waals surface area contributed by atoms with Crippen molar-refractivity contribution < 1.29 is 18.0 Å². The maximum atomic E-state index is 13.4. The Labute approximate surface area is 195 Å². The van der Waals surface area contributed by atoms with Gasteiger partial charge in [0.2, 0.25) is 10.0 Å². The Morgan fingerprint density at radius 1 is 0.939 bits per heavy atom. The van der Waals surface area contributed by atoms with E-state index in [1.165, 1.54) is 10.4 Å². The molecule has 1 heterocycles. The second-order valence-electron chi connectivity index (χ2n) is 9.29. The summed E-state index contributed by atoms with van der Waals surface area (Å²) in [7, 11) is -3.69. The summed E-state index contributed by atoms with van der Waals surface area (Å²) >= 11 is 0. The average molecular weight is 470 g/mol. The van der Waals surface area contributed by atoms with Gasteiger partial charge in [-0.05, 0) is 86.9 Å². The molecule has 1 aliphatic carbocycles. The lowest BCUT2D eigenvalue weighted by molar-refractivity contribution is 0.0949. The van der Waals surface area contributed by atoms with Crippen molar-refractivity contribution in [2.75, 3.05) is 18.4 Å². The van der Waals surface area contributed by atoms with Crippen LogP contribution in [0.3, 0.4) is 0 Å². The van der Waals surface area contributed by atoms with Crippen LogP contribution < -0.4 is 10.6 Å². The molecule has 2 aromatic rings. The number of anilines is 1. The molecule has 33 heavy (non-hydrogen) atoms. The van der Waals surface area contributed by atoms with Crippen molar-refractivity contribution in [3.63, 3.8) is 0 Å². The van der Waals surface area contributed by atoms with Crippen molar-refractivity contribution >= 4 is 27.5 Å². The minimum absolute atomic E-state index is 0.163. The molecule has 0 spiro atoms. The van der Waals surface area contributed by atoms with E-state index in [1.807, 2.05) is 6.92 Å². The molecule has 8 heteroatoms. The van der Waals surface area contributed by atoms with Crippen molar-refractivity contribution in [2.45, 2.75) is 57.4 Å². The highest BCUT2D eigenvalue weighted by Gasteiger charge is 2.30. The van der Waals surface area contributed by atoms with Crippen LogP contribution in [-0.4, -0.2) is 43.7 Å².